The number of hydrogen-bond acceptors (Lipinski definition) is 5. The fraction of sp³-hybridized carbons (Fsp3) is 0.214. The highest BCUT2D eigenvalue weighted by atomic mass is 32.2. The van der Waals surface area contributed by atoms with Crippen LogP contribution in [0.25, 0.3) is 0 Å². The van der Waals surface area contributed by atoms with Crippen molar-refractivity contribution in [2.75, 3.05) is 7.11 Å². The van der Waals surface area contributed by atoms with Crippen LogP contribution in [0.15, 0.2) is 47.5 Å². The van der Waals surface area contributed by atoms with E-state index in [9.17, 15) is 8.42 Å². The quantitative estimate of drug-likeness (QED) is 0.831. The molecule has 0 aliphatic carbocycles. The maximum atomic E-state index is 11.1. The molecule has 0 radical (unpaired) electrons. The number of nitrogens with zero attached hydrogens (tertiary/aromatic N) is 1. The van der Waals surface area contributed by atoms with Crippen molar-refractivity contribution in [1.82, 2.24) is 10.3 Å². The van der Waals surface area contributed by atoms with Gasteiger partial charge >= 0.3 is 0 Å². The lowest BCUT2D eigenvalue weighted by atomic mass is 10.2. The Kier molecular flexibility index (Phi) is 4.89. The molecule has 0 saturated heterocycles. The normalized spacial score (nSPS) is 11.3. The van der Waals surface area contributed by atoms with Crippen molar-refractivity contribution in [1.29, 1.82) is 0 Å². The Morgan fingerprint density at radius 2 is 1.71 bits per heavy atom. The molecule has 3 N–H and O–H groups in total. The molecule has 0 fully saturated rings. The van der Waals surface area contributed by atoms with E-state index in [1.807, 2.05) is 6.07 Å². The molecule has 0 amide bonds. The van der Waals surface area contributed by atoms with E-state index in [0.29, 0.717) is 19.0 Å². The Bertz CT molecular complexity index is 682. The molecule has 0 unspecified atom stereocenters. The molecule has 0 spiro atoms. The summed E-state index contributed by atoms with van der Waals surface area (Å²) in [7, 11) is -2.06. The topological polar surface area (TPSA) is 94.3 Å². The lowest BCUT2D eigenvalue weighted by molar-refractivity contribution is 0.397. The molecule has 112 valence electrons. The fourth-order valence-corrected chi connectivity index (χ4v) is 2.30. The summed E-state index contributed by atoms with van der Waals surface area (Å²) in [6.07, 6.45) is 1.75. The number of methoxy groups -OCH3 is 1. The van der Waals surface area contributed by atoms with Crippen molar-refractivity contribution in [3.63, 3.8) is 0 Å². The first-order chi connectivity index (χ1) is 9.99. The number of ether oxygens (including phenoxy) is 1. The molecule has 1 aromatic carbocycles. The van der Waals surface area contributed by atoms with Crippen LogP contribution in [-0.4, -0.2) is 20.5 Å². The van der Waals surface area contributed by atoms with Gasteiger partial charge in [-0.15, -0.1) is 0 Å². The van der Waals surface area contributed by atoms with E-state index in [-0.39, 0.29) is 4.90 Å². The number of sulfonamides is 1. The van der Waals surface area contributed by atoms with Crippen LogP contribution in [0.2, 0.25) is 0 Å². The number of rotatable bonds is 6. The Morgan fingerprint density at radius 1 is 1.10 bits per heavy atom. The summed E-state index contributed by atoms with van der Waals surface area (Å²) < 4.78 is 27.3. The van der Waals surface area contributed by atoms with Crippen LogP contribution in [0, 0.1) is 0 Å². The van der Waals surface area contributed by atoms with Crippen molar-refractivity contribution in [3.05, 3.63) is 53.7 Å². The lowest BCUT2D eigenvalue weighted by Crippen LogP contribution is -2.14. The second kappa shape index (κ2) is 6.66. The van der Waals surface area contributed by atoms with Gasteiger partial charge in [0.25, 0.3) is 0 Å². The maximum absolute atomic E-state index is 11.1. The molecule has 2 rings (SSSR count). The van der Waals surface area contributed by atoms with Crippen LogP contribution in [0.5, 0.6) is 5.88 Å². The number of hydrogen-bond donors (Lipinski definition) is 2. The molecule has 7 heteroatoms. The SMILES string of the molecule is COc1ccc(CNCc2ccc(S(N)(=O)=O)cc2)cn1. The van der Waals surface area contributed by atoms with E-state index in [2.05, 4.69) is 10.3 Å². The van der Waals surface area contributed by atoms with Crippen LogP contribution < -0.4 is 15.2 Å². The van der Waals surface area contributed by atoms with Crippen LogP contribution in [-0.2, 0) is 23.1 Å². The number of aromatic nitrogens is 1. The summed E-state index contributed by atoms with van der Waals surface area (Å²) in [5, 5.41) is 8.30. The first kappa shape index (κ1) is 15.4. The van der Waals surface area contributed by atoms with Gasteiger partial charge in [0.15, 0.2) is 0 Å². The lowest BCUT2D eigenvalue weighted by Gasteiger charge is -2.06. The van der Waals surface area contributed by atoms with E-state index >= 15 is 0 Å². The first-order valence-corrected chi connectivity index (χ1v) is 7.85. The Labute approximate surface area is 124 Å². The molecular formula is C14H17N3O3S. The number of benzene rings is 1. The second-order valence-electron chi connectivity index (χ2n) is 4.50. The molecule has 0 aliphatic rings. The van der Waals surface area contributed by atoms with Crippen LogP contribution in [0.4, 0.5) is 0 Å². The Hall–Kier alpha value is -1.96. The summed E-state index contributed by atoms with van der Waals surface area (Å²) in [6.45, 7) is 1.28. The minimum atomic E-state index is -3.63. The van der Waals surface area contributed by atoms with E-state index in [0.717, 1.165) is 11.1 Å². The van der Waals surface area contributed by atoms with Crippen molar-refractivity contribution in [2.24, 2.45) is 5.14 Å². The number of pyridine rings is 1. The second-order valence-corrected chi connectivity index (χ2v) is 6.06. The Morgan fingerprint density at radius 3 is 2.24 bits per heavy atom. The third-order valence-electron chi connectivity index (χ3n) is 2.92. The van der Waals surface area contributed by atoms with Gasteiger partial charge in [-0.3, -0.25) is 0 Å². The molecule has 1 heterocycles. The van der Waals surface area contributed by atoms with Crippen molar-refractivity contribution in [3.8, 4) is 5.88 Å². The van der Waals surface area contributed by atoms with E-state index in [1.54, 1.807) is 31.5 Å². The third-order valence-corrected chi connectivity index (χ3v) is 3.85. The van der Waals surface area contributed by atoms with Gasteiger partial charge in [0.05, 0.1) is 12.0 Å². The van der Waals surface area contributed by atoms with Gasteiger partial charge in [0.2, 0.25) is 15.9 Å². The van der Waals surface area contributed by atoms with Crippen molar-refractivity contribution < 1.29 is 13.2 Å². The average Bonchev–Trinajstić information content (AvgIpc) is 2.47. The smallest absolute Gasteiger partial charge is 0.238 e. The molecular weight excluding hydrogens is 290 g/mol. The highest BCUT2D eigenvalue weighted by molar-refractivity contribution is 7.89. The van der Waals surface area contributed by atoms with Crippen LogP contribution in [0.3, 0.4) is 0 Å². The largest absolute Gasteiger partial charge is 0.481 e. The minimum Gasteiger partial charge on any atom is -0.481 e. The number of nitrogens with one attached hydrogen (secondary N) is 1. The highest BCUT2D eigenvalue weighted by Gasteiger charge is 2.06. The van der Waals surface area contributed by atoms with Gasteiger partial charge in [0, 0.05) is 25.4 Å². The molecule has 0 atom stereocenters. The zero-order valence-corrected chi connectivity index (χ0v) is 12.4. The van der Waals surface area contributed by atoms with E-state index in [1.165, 1.54) is 12.1 Å². The van der Waals surface area contributed by atoms with Gasteiger partial charge in [0.1, 0.15) is 0 Å². The fourth-order valence-electron chi connectivity index (χ4n) is 1.78. The average molecular weight is 307 g/mol. The molecule has 6 nitrogen and oxygen atoms in total. The molecule has 1 aromatic heterocycles. The zero-order valence-electron chi connectivity index (χ0n) is 11.6. The predicted molar refractivity (Wildman–Crippen MR) is 79.1 cm³/mol. The van der Waals surface area contributed by atoms with E-state index < -0.39 is 10.0 Å². The minimum absolute atomic E-state index is 0.116. The number of nitrogens with two attached hydrogens (primary N) is 1. The summed E-state index contributed by atoms with van der Waals surface area (Å²) >= 11 is 0. The molecule has 0 aliphatic heterocycles. The summed E-state index contributed by atoms with van der Waals surface area (Å²) in [5.41, 5.74) is 2.01. The summed E-state index contributed by atoms with van der Waals surface area (Å²) in [6, 6.07) is 10.2. The van der Waals surface area contributed by atoms with Gasteiger partial charge in [-0.05, 0) is 23.3 Å². The summed E-state index contributed by atoms with van der Waals surface area (Å²) in [4.78, 5) is 4.23. The molecule has 0 saturated carbocycles. The first-order valence-electron chi connectivity index (χ1n) is 6.30. The van der Waals surface area contributed by atoms with Crippen molar-refractivity contribution in [2.45, 2.75) is 18.0 Å². The van der Waals surface area contributed by atoms with Gasteiger partial charge < -0.3 is 10.1 Å². The van der Waals surface area contributed by atoms with Crippen molar-refractivity contribution >= 4 is 10.0 Å². The van der Waals surface area contributed by atoms with Gasteiger partial charge in [-0.1, -0.05) is 18.2 Å². The van der Waals surface area contributed by atoms with Gasteiger partial charge in [-0.25, -0.2) is 18.5 Å². The Balaban J connectivity index is 1.88. The zero-order chi connectivity index (χ0) is 15.3. The maximum Gasteiger partial charge on any atom is 0.238 e. The third kappa shape index (κ3) is 4.52. The standard InChI is InChI=1S/C14H17N3O3S/c1-20-14-7-4-12(10-17-14)9-16-8-11-2-5-13(6-3-11)21(15,18)19/h2-7,10,16H,8-9H2,1H3,(H2,15,18,19). The van der Waals surface area contributed by atoms with E-state index in [4.69, 9.17) is 9.88 Å². The number of primary sulfonamides is 1. The molecule has 2 aromatic rings. The molecule has 21 heavy (non-hydrogen) atoms. The molecule has 0 bridgehead atoms. The van der Waals surface area contributed by atoms with Gasteiger partial charge in [-0.2, -0.15) is 0 Å². The van der Waals surface area contributed by atoms with Crippen LogP contribution in [0.1, 0.15) is 11.1 Å². The summed E-state index contributed by atoms with van der Waals surface area (Å²) in [5.74, 6) is 0.581. The van der Waals surface area contributed by atoms with Crippen LogP contribution >= 0.6 is 0 Å². The predicted octanol–water partition coefficient (Wildman–Crippen LogP) is 1.03. The monoisotopic (exact) mass is 307 g/mol. The highest BCUT2D eigenvalue weighted by Crippen LogP contribution is 2.09.